The van der Waals surface area contributed by atoms with Gasteiger partial charge in [-0.05, 0) is 42.7 Å². The average molecular weight is 307 g/mol. The van der Waals surface area contributed by atoms with Crippen molar-refractivity contribution in [2.24, 2.45) is 0 Å². The molecule has 0 saturated heterocycles. The summed E-state index contributed by atoms with van der Waals surface area (Å²) >= 11 is 6.24. The van der Waals surface area contributed by atoms with Crippen LogP contribution < -0.4 is 9.47 Å². The molecule has 0 radical (unpaired) electrons. The van der Waals surface area contributed by atoms with E-state index in [1.54, 1.807) is 12.1 Å². The molecule has 112 valence electrons. The molecule has 2 rings (SSSR count). The number of hydrogen-bond donors (Lipinski definition) is 1. The second kappa shape index (κ2) is 7.34. The first-order valence-corrected chi connectivity index (χ1v) is 7.27. The molecule has 0 unspecified atom stereocenters. The monoisotopic (exact) mass is 306 g/mol. The molecule has 0 spiro atoms. The van der Waals surface area contributed by atoms with Crippen molar-refractivity contribution in [1.29, 1.82) is 0 Å². The molecule has 4 heteroatoms. The molecule has 0 amide bonds. The van der Waals surface area contributed by atoms with E-state index in [9.17, 15) is 5.11 Å². The lowest BCUT2D eigenvalue weighted by atomic mass is 10.1. The van der Waals surface area contributed by atoms with Crippen molar-refractivity contribution in [1.82, 2.24) is 0 Å². The van der Waals surface area contributed by atoms with Crippen LogP contribution in [0.5, 0.6) is 11.5 Å². The summed E-state index contributed by atoms with van der Waals surface area (Å²) in [5.41, 5.74) is 2.97. The maximum absolute atomic E-state index is 9.23. The van der Waals surface area contributed by atoms with Gasteiger partial charge in [-0.25, -0.2) is 0 Å². The van der Waals surface area contributed by atoms with E-state index in [1.165, 1.54) is 5.56 Å². The van der Waals surface area contributed by atoms with Gasteiger partial charge in [0.15, 0.2) is 11.5 Å². The van der Waals surface area contributed by atoms with Crippen LogP contribution in [0.1, 0.15) is 23.6 Å². The Bertz CT molecular complexity index is 611. The third-order valence-electron chi connectivity index (χ3n) is 3.18. The first-order chi connectivity index (χ1) is 10.2. The van der Waals surface area contributed by atoms with Gasteiger partial charge < -0.3 is 14.6 Å². The fourth-order valence-corrected chi connectivity index (χ4v) is 2.33. The zero-order valence-electron chi connectivity index (χ0n) is 12.2. The Morgan fingerprint density at radius 1 is 1.14 bits per heavy atom. The van der Waals surface area contributed by atoms with E-state index in [-0.39, 0.29) is 6.61 Å². The van der Waals surface area contributed by atoms with Crippen LogP contribution in [0.3, 0.4) is 0 Å². The molecular weight excluding hydrogens is 288 g/mol. The average Bonchev–Trinajstić information content (AvgIpc) is 2.48. The number of rotatable bonds is 6. The molecule has 0 aliphatic rings. The number of halogens is 1. The van der Waals surface area contributed by atoms with Crippen LogP contribution in [0.25, 0.3) is 0 Å². The minimum Gasteiger partial charge on any atom is -0.490 e. The molecule has 3 nitrogen and oxygen atoms in total. The second-order valence-corrected chi connectivity index (χ2v) is 5.12. The van der Waals surface area contributed by atoms with Gasteiger partial charge in [0.1, 0.15) is 6.61 Å². The lowest BCUT2D eigenvalue weighted by Gasteiger charge is -2.15. The standard InChI is InChI=1S/C17H19ClO3/c1-3-20-16-9-13(10-19)8-15(18)17(16)21-11-14-7-5-4-6-12(14)2/h4-9,19H,3,10-11H2,1-2H3. The normalized spacial score (nSPS) is 10.5. The van der Waals surface area contributed by atoms with Gasteiger partial charge in [-0.2, -0.15) is 0 Å². The Morgan fingerprint density at radius 3 is 2.57 bits per heavy atom. The van der Waals surface area contributed by atoms with Gasteiger partial charge in [0.2, 0.25) is 0 Å². The molecule has 0 aromatic heterocycles. The predicted octanol–water partition coefficient (Wildman–Crippen LogP) is 4.12. The SMILES string of the molecule is CCOc1cc(CO)cc(Cl)c1OCc1ccccc1C. The van der Waals surface area contributed by atoms with E-state index in [0.29, 0.717) is 35.3 Å². The summed E-state index contributed by atoms with van der Waals surface area (Å²) in [6, 6.07) is 11.5. The first-order valence-electron chi connectivity index (χ1n) is 6.89. The third kappa shape index (κ3) is 3.90. The summed E-state index contributed by atoms with van der Waals surface area (Å²) in [6.07, 6.45) is 0. The quantitative estimate of drug-likeness (QED) is 0.872. The smallest absolute Gasteiger partial charge is 0.180 e. The predicted molar refractivity (Wildman–Crippen MR) is 84.1 cm³/mol. The van der Waals surface area contributed by atoms with E-state index < -0.39 is 0 Å². The molecule has 0 saturated carbocycles. The van der Waals surface area contributed by atoms with Crippen LogP contribution in [0.15, 0.2) is 36.4 Å². The van der Waals surface area contributed by atoms with Crippen molar-refractivity contribution in [2.45, 2.75) is 27.1 Å². The van der Waals surface area contributed by atoms with Crippen LogP contribution in [-0.4, -0.2) is 11.7 Å². The van der Waals surface area contributed by atoms with E-state index in [4.69, 9.17) is 21.1 Å². The molecule has 0 aliphatic carbocycles. The molecule has 0 atom stereocenters. The van der Waals surface area contributed by atoms with E-state index in [1.807, 2.05) is 38.1 Å². The van der Waals surface area contributed by atoms with Gasteiger partial charge in [-0.15, -0.1) is 0 Å². The summed E-state index contributed by atoms with van der Waals surface area (Å²) in [4.78, 5) is 0. The number of ether oxygens (including phenoxy) is 2. The molecule has 0 aliphatic heterocycles. The minimum absolute atomic E-state index is 0.0854. The number of aliphatic hydroxyl groups excluding tert-OH is 1. The number of aryl methyl sites for hydroxylation is 1. The molecule has 0 fully saturated rings. The van der Waals surface area contributed by atoms with Crippen LogP contribution >= 0.6 is 11.6 Å². The number of aliphatic hydroxyl groups is 1. The molecule has 21 heavy (non-hydrogen) atoms. The van der Waals surface area contributed by atoms with Crippen molar-refractivity contribution in [3.8, 4) is 11.5 Å². The Morgan fingerprint density at radius 2 is 1.90 bits per heavy atom. The van der Waals surface area contributed by atoms with Crippen molar-refractivity contribution >= 4 is 11.6 Å². The van der Waals surface area contributed by atoms with Gasteiger partial charge in [-0.1, -0.05) is 35.9 Å². The first kappa shape index (κ1) is 15.7. The highest BCUT2D eigenvalue weighted by Gasteiger charge is 2.13. The van der Waals surface area contributed by atoms with E-state index in [0.717, 1.165) is 5.56 Å². The van der Waals surface area contributed by atoms with Crippen LogP contribution in [0, 0.1) is 6.92 Å². The van der Waals surface area contributed by atoms with Gasteiger partial charge >= 0.3 is 0 Å². The van der Waals surface area contributed by atoms with Crippen molar-refractivity contribution in [3.05, 3.63) is 58.1 Å². The van der Waals surface area contributed by atoms with Gasteiger partial charge in [-0.3, -0.25) is 0 Å². The topological polar surface area (TPSA) is 38.7 Å². The molecular formula is C17H19ClO3. The molecule has 1 N–H and O–H groups in total. The van der Waals surface area contributed by atoms with Gasteiger partial charge in [0, 0.05) is 0 Å². The summed E-state index contributed by atoms with van der Waals surface area (Å²) in [5, 5.41) is 9.68. The van der Waals surface area contributed by atoms with E-state index >= 15 is 0 Å². The van der Waals surface area contributed by atoms with Crippen molar-refractivity contribution in [3.63, 3.8) is 0 Å². The highest BCUT2D eigenvalue weighted by molar-refractivity contribution is 6.32. The zero-order valence-corrected chi connectivity index (χ0v) is 13.0. The van der Waals surface area contributed by atoms with Crippen molar-refractivity contribution in [2.75, 3.05) is 6.61 Å². The summed E-state index contributed by atoms with van der Waals surface area (Å²) in [6.45, 7) is 4.78. The minimum atomic E-state index is -0.0854. The number of hydrogen-bond acceptors (Lipinski definition) is 3. The second-order valence-electron chi connectivity index (χ2n) is 4.71. The van der Waals surface area contributed by atoms with Gasteiger partial charge in [0.05, 0.1) is 18.2 Å². The highest BCUT2D eigenvalue weighted by atomic mass is 35.5. The molecule has 0 bridgehead atoms. The van der Waals surface area contributed by atoms with Crippen LogP contribution in [0.4, 0.5) is 0 Å². The van der Waals surface area contributed by atoms with E-state index in [2.05, 4.69) is 0 Å². The fraction of sp³-hybridized carbons (Fsp3) is 0.294. The molecule has 2 aromatic rings. The fourth-order valence-electron chi connectivity index (χ4n) is 2.04. The molecule has 0 heterocycles. The number of benzene rings is 2. The Balaban J connectivity index is 2.24. The Hall–Kier alpha value is -1.71. The third-order valence-corrected chi connectivity index (χ3v) is 3.47. The van der Waals surface area contributed by atoms with Crippen molar-refractivity contribution < 1.29 is 14.6 Å². The lowest BCUT2D eigenvalue weighted by molar-refractivity contribution is 0.263. The van der Waals surface area contributed by atoms with Crippen LogP contribution in [-0.2, 0) is 13.2 Å². The van der Waals surface area contributed by atoms with Crippen LogP contribution in [0.2, 0.25) is 5.02 Å². The largest absolute Gasteiger partial charge is 0.490 e. The Labute approximate surface area is 130 Å². The summed E-state index contributed by atoms with van der Waals surface area (Å²) < 4.78 is 11.4. The highest BCUT2D eigenvalue weighted by Crippen LogP contribution is 2.37. The molecule has 2 aromatic carbocycles. The lowest BCUT2D eigenvalue weighted by Crippen LogP contribution is -2.02. The Kier molecular flexibility index (Phi) is 5.48. The maximum Gasteiger partial charge on any atom is 0.180 e. The maximum atomic E-state index is 9.23. The summed E-state index contributed by atoms with van der Waals surface area (Å²) in [5.74, 6) is 1.07. The van der Waals surface area contributed by atoms with Gasteiger partial charge in [0.25, 0.3) is 0 Å². The zero-order chi connectivity index (χ0) is 15.2. The summed E-state index contributed by atoms with van der Waals surface area (Å²) in [7, 11) is 0.